The second-order valence-electron chi connectivity index (χ2n) is 7.32. The van der Waals surface area contributed by atoms with E-state index in [2.05, 4.69) is 15.2 Å². The number of piperazine rings is 1. The van der Waals surface area contributed by atoms with Crippen LogP contribution in [0.1, 0.15) is 12.0 Å². The molecule has 0 radical (unpaired) electrons. The molecular weight excluding hydrogens is 407 g/mol. The molecule has 0 bridgehead atoms. The number of methoxy groups -OCH3 is 1. The molecule has 0 amide bonds. The van der Waals surface area contributed by atoms with Gasteiger partial charge in [-0.15, -0.1) is 0 Å². The van der Waals surface area contributed by atoms with Crippen LogP contribution in [0.3, 0.4) is 0 Å². The molecule has 1 saturated heterocycles. The fourth-order valence-electron chi connectivity index (χ4n) is 3.53. The van der Waals surface area contributed by atoms with Gasteiger partial charge in [0.1, 0.15) is 5.75 Å². The van der Waals surface area contributed by atoms with Crippen LogP contribution in [0.15, 0.2) is 53.5 Å². The predicted octanol–water partition coefficient (Wildman–Crippen LogP) is 3.65. The van der Waals surface area contributed by atoms with Gasteiger partial charge in [0.15, 0.2) is 5.96 Å². The predicted molar refractivity (Wildman–Crippen MR) is 118 cm³/mol. The molecule has 2 aromatic carbocycles. The molecule has 31 heavy (non-hydrogen) atoms. The maximum absolute atomic E-state index is 12.9. The van der Waals surface area contributed by atoms with Crippen LogP contribution < -0.4 is 20.7 Å². The number of anilines is 2. The van der Waals surface area contributed by atoms with E-state index in [9.17, 15) is 13.2 Å². The van der Waals surface area contributed by atoms with Crippen molar-refractivity contribution in [2.75, 3.05) is 56.6 Å². The lowest BCUT2D eigenvalue weighted by Gasteiger charge is -2.36. The van der Waals surface area contributed by atoms with Crippen LogP contribution in [0.25, 0.3) is 0 Å². The molecule has 1 aliphatic rings. The number of guanidine groups is 1. The van der Waals surface area contributed by atoms with Gasteiger partial charge >= 0.3 is 6.18 Å². The third-order valence-corrected chi connectivity index (χ3v) is 5.20. The third kappa shape index (κ3) is 6.52. The number of rotatable bonds is 7. The largest absolute Gasteiger partial charge is 0.495 e. The van der Waals surface area contributed by atoms with E-state index in [-0.39, 0.29) is 0 Å². The minimum atomic E-state index is -4.32. The number of benzene rings is 2. The van der Waals surface area contributed by atoms with E-state index in [1.54, 1.807) is 13.2 Å². The lowest BCUT2D eigenvalue weighted by Crippen LogP contribution is -2.46. The zero-order valence-electron chi connectivity index (χ0n) is 17.5. The Morgan fingerprint density at radius 1 is 1.10 bits per heavy atom. The Balaban J connectivity index is 1.41. The molecule has 0 saturated carbocycles. The van der Waals surface area contributed by atoms with Crippen molar-refractivity contribution in [3.8, 4) is 5.75 Å². The lowest BCUT2D eigenvalue weighted by molar-refractivity contribution is -0.137. The smallest absolute Gasteiger partial charge is 0.416 e. The Labute approximate surface area is 180 Å². The lowest BCUT2D eigenvalue weighted by atomic mass is 10.1. The van der Waals surface area contributed by atoms with Gasteiger partial charge < -0.3 is 20.7 Å². The molecule has 9 heteroatoms. The minimum Gasteiger partial charge on any atom is -0.495 e. The van der Waals surface area contributed by atoms with Crippen LogP contribution in [0, 0.1) is 0 Å². The van der Waals surface area contributed by atoms with Crippen molar-refractivity contribution in [3.05, 3.63) is 54.1 Å². The molecule has 0 spiro atoms. The molecule has 3 rings (SSSR count). The summed E-state index contributed by atoms with van der Waals surface area (Å²) in [5, 5.41) is 3.04. The quantitative estimate of drug-likeness (QED) is 0.395. The van der Waals surface area contributed by atoms with E-state index in [0.717, 1.165) is 37.8 Å². The second-order valence-corrected chi connectivity index (χ2v) is 7.32. The first-order chi connectivity index (χ1) is 14.9. The number of aliphatic imine (C=N–C) groups is 1. The number of hydrogen-bond donors (Lipinski definition) is 2. The van der Waals surface area contributed by atoms with Crippen LogP contribution in [0.4, 0.5) is 24.5 Å². The Kier molecular flexibility index (Phi) is 7.62. The van der Waals surface area contributed by atoms with E-state index in [1.807, 2.05) is 29.2 Å². The van der Waals surface area contributed by atoms with Crippen molar-refractivity contribution in [1.82, 2.24) is 4.90 Å². The van der Waals surface area contributed by atoms with Crippen molar-refractivity contribution in [1.29, 1.82) is 0 Å². The van der Waals surface area contributed by atoms with Crippen LogP contribution in [0.5, 0.6) is 5.75 Å². The van der Waals surface area contributed by atoms with Gasteiger partial charge in [0.25, 0.3) is 0 Å². The first-order valence-corrected chi connectivity index (χ1v) is 10.2. The number of halogens is 3. The average Bonchev–Trinajstić information content (AvgIpc) is 2.77. The summed E-state index contributed by atoms with van der Waals surface area (Å²) < 4.78 is 44.1. The molecule has 0 atom stereocenters. The summed E-state index contributed by atoms with van der Waals surface area (Å²) >= 11 is 0. The highest BCUT2D eigenvalue weighted by Gasteiger charge is 2.31. The van der Waals surface area contributed by atoms with Gasteiger partial charge in [-0.3, -0.25) is 9.89 Å². The molecule has 1 heterocycles. The SMILES string of the molecule is COc1ccccc1NC(N)=NCCCN1CCN(c2cccc(C(F)(F)F)c2)CC1. The molecular formula is C22H28F3N5O. The molecule has 0 aliphatic carbocycles. The first-order valence-electron chi connectivity index (χ1n) is 10.2. The topological polar surface area (TPSA) is 66.1 Å². The van der Waals surface area contributed by atoms with Crippen molar-refractivity contribution in [2.45, 2.75) is 12.6 Å². The highest BCUT2D eigenvalue weighted by Crippen LogP contribution is 2.31. The van der Waals surface area contributed by atoms with E-state index in [4.69, 9.17) is 10.5 Å². The van der Waals surface area contributed by atoms with Crippen molar-refractivity contribution < 1.29 is 17.9 Å². The van der Waals surface area contributed by atoms with Gasteiger partial charge in [0, 0.05) is 45.0 Å². The molecule has 6 nitrogen and oxygen atoms in total. The molecule has 1 fully saturated rings. The van der Waals surface area contributed by atoms with Gasteiger partial charge in [-0.05, 0) is 36.8 Å². The highest BCUT2D eigenvalue weighted by molar-refractivity contribution is 5.93. The minimum absolute atomic E-state index is 0.332. The van der Waals surface area contributed by atoms with Crippen LogP contribution >= 0.6 is 0 Å². The molecule has 168 valence electrons. The molecule has 2 aromatic rings. The summed E-state index contributed by atoms with van der Waals surface area (Å²) in [5.74, 6) is 1.03. The number of ether oxygens (including phenoxy) is 1. The number of hydrogen-bond acceptors (Lipinski definition) is 4. The fourth-order valence-corrected chi connectivity index (χ4v) is 3.53. The molecule has 0 unspecified atom stereocenters. The third-order valence-electron chi connectivity index (χ3n) is 5.20. The summed E-state index contributed by atoms with van der Waals surface area (Å²) in [6.45, 7) is 4.44. The summed E-state index contributed by atoms with van der Waals surface area (Å²) in [7, 11) is 1.60. The Morgan fingerprint density at radius 2 is 1.84 bits per heavy atom. The van der Waals surface area contributed by atoms with E-state index < -0.39 is 11.7 Å². The number of nitrogens with one attached hydrogen (secondary N) is 1. The average molecular weight is 435 g/mol. The van der Waals surface area contributed by atoms with Gasteiger partial charge in [-0.2, -0.15) is 13.2 Å². The fraction of sp³-hybridized carbons (Fsp3) is 0.409. The monoisotopic (exact) mass is 435 g/mol. The molecule has 1 aliphatic heterocycles. The van der Waals surface area contributed by atoms with Crippen molar-refractivity contribution in [2.24, 2.45) is 10.7 Å². The van der Waals surface area contributed by atoms with E-state index in [0.29, 0.717) is 37.0 Å². The number of nitrogens with two attached hydrogens (primary N) is 1. The molecule has 3 N–H and O–H groups in total. The standard InChI is InChI=1S/C22H28F3N5O/c1-31-20-9-3-2-8-19(20)28-21(26)27-10-5-11-29-12-14-30(15-13-29)18-7-4-6-17(16-18)22(23,24)25/h2-4,6-9,16H,5,10-15H2,1H3,(H3,26,27,28). The van der Waals surface area contributed by atoms with Crippen LogP contribution in [-0.4, -0.2) is 57.2 Å². The maximum Gasteiger partial charge on any atom is 0.416 e. The van der Waals surface area contributed by atoms with Gasteiger partial charge in [0.05, 0.1) is 18.4 Å². The van der Waals surface area contributed by atoms with Crippen molar-refractivity contribution in [3.63, 3.8) is 0 Å². The number of nitrogens with zero attached hydrogens (tertiary/aromatic N) is 3. The summed E-state index contributed by atoms with van der Waals surface area (Å²) in [4.78, 5) is 8.65. The normalized spacial score (nSPS) is 15.7. The first kappa shape index (κ1) is 22.7. The highest BCUT2D eigenvalue weighted by atomic mass is 19.4. The van der Waals surface area contributed by atoms with Gasteiger partial charge in [-0.25, -0.2) is 0 Å². The Hall–Kier alpha value is -2.94. The van der Waals surface area contributed by atoms with Gasteiger partial charge in [0.2, 0.25) is 0 Å². The summed E-state index contributed by atoms with van der Waals surface area (Å²) in [5.41, 5.74) is 6.73. The van der Waals surface area contributed by atoms with Crippen LogP contribution in [0.2, 0.25) is 0 Å². The van der Waals surface area contributed by atoms with E-state index in [1.165, 1.54) is 12.1 Å². The van der Waals surface area contributed by atoms with Crippen molar-refractivity contribution >= 4 is 17.3 Å². The summed E-state index contributed by atoms with van der Waals surface area (Å²) in [6, 6.07) is 13.0. The zero-order chi connectivity index (χ0) is 22.3. The van der Waals surface area contributed by atoms with Gasteiger partial charge in [-0.1, -0.05) is 18.2 Å². The zero-order valence-corrected chi connectivity index (χ0v) is 17.5. The number of para-hydroxylation sites is 2. The Bertz CT molecular complexity index is 879. The van der Waals surface area contributed by atoms with E-state index >= 15 is 0 Å². The maximum atomic E-state index is 12.9. The number of alkyl halides is 3. The second kappa shape index (κ2) is 10.4. The molecule has 0 aromatic heterocycles. The van der Waals surface area contributed by atoms with Crippen LogP contribution in [-0.2, 0) is 6.18 Å². The Morgan fingerprint density at radius 3 is 2.55 bits per heavy atom. The summed E-state index contributed by atoms with van der Waals surface area (Å²) in [6.07, 6.45) is -3.47.